The summed E-state index contributed by atoms with van der Waals surface area (Å²) in [5.41, 5.74) is 1.57. The molecule has 2 rings (SSSR count). The van der Waals surface area contributed by atoms with Gasteiger partial charge in [0.25, 0.3) is 0 Å². The maximum Gasteiger partial charge on any atom is 0.405 e. The van der Waals surface area contributed by atoms with Crippen LogP contribution in [-0.2, 0) is 4.79 Å². The molecule has 0 aliphatic carbocycles. The minimum Gasteiger partial charge on any atom is -0.361 e. The molecule has 1 amide bonds. The van der Waals surface area contributed by atoms with E-state index in [0.29, 0.717) is 5.82 Å². The fraction of sp³-hybridized carbons (Fsp3) is 0.286. The van der Waals surface area contributed by atoms with Crippen molar-refractivity contribution in [3.05, 3.63) is 35.9 Å². The number of carbonyl (C=O) groups excluding carboxylic acids is 1. The number of alkyl halides is 3. The van der Waals surface area contributed by atoms with E-state index in [1.165, 1.54) is 0 Å². The van der Waals surface area contributed by atoms with Crippen molar-refractivity contribution in [3.63, 3.8) is 0 Å². The molecule has 0 saturated carbocycles. The highest BCUT2D eigenvalue weighted by Gasteiger charge is 2.27. The van der Waals surface area contributed by atoms with Crippen LogP contribution in [-0.4, -0.2) is 30.2 Å². The van der Waals surface area contributed by atoms with Gasteiger partial charge in [0.05, 0.1) is 12.1 Å². The van der Waals surface area contributed by atoms with Crippen LogP contribution in [0.3, 0.4) is 0 Å². The Labute approximate surface area is 119 Å². The lowest BCUT2D eigenvalue weighted by molar-refractivity contribution is -0.137. The first kappa shape index (κ1) is 15.1. The number of nitrogens with one attached hydrogen (secondary N) is 2. The third kappa shape index (κ3) is 4.34. The average molecular weight is 297 g/mol. The molecule has 1 heterocycles. The first-order valence-electron chi connectivity index (χ1n) is 6.29. The van der Waals surface area contributed by atoms with Crippen LogP contribution in [0.5, 0.6) is 0 Å². The Morgan fingerprint density at radius 3 is 2.71 bits per heavy atom. The number of nitrogens with zero attached hydrogens (tertiary/aromatic N) is 1. The number of benzene rings is 1. The van der Waals surface area contributed by atoms with E-state index >= 15 is 0 Å². The van der Waals surface area contributed by atoms with Gasteiger partial charge in [0.2, 0.25) is 5.91 Å². The van der Waals surface area contributed by atoms with Gasteiger partial charge in [0.15, 0.2) is 0 Å². The number of hydrogen-bond donors (Lipinski definition) is 2. The number of aryl methyl sites for hydroxylation is 1. The summed E-state index contributed by atoms with van der Waals surface area (Å²) in [6.07, 6.45) is -4.41. The van der Waals surface area contributed by atoms with Gasteiger partial charge in [-0.3, -0.25) is 4.79 Å². The Morgan fingerprint density at radius 1 is 1.29 bits per heavy atom. The van der Waals surface area contributed by atoms with Crippen LogP contribution in [0.2, 0.25) is 0 Å². The standard InChI is InChI=1S/C14H14F3N3O/c1-9-6-10-4-2-3-5-11(10)20-13(9)18-7-12(21)19-8-14(15,16)17/h2-6H,7-8H2,1H3,(H,18,20)(H,19,21). The summed E-state index contributed by atoms with van der Waals surface area (Å²) in [6.45, 7) is 0.218. The van der Waals surface area contributed by atoms with Gasteiger partial charge in [-0.2, -0.15) is 13.2 Å². The summed E-state index contributed by atoms with van der Waals surface area (Å²) in [6, 6.07) is 9.36. The second kappa shape index (κ2) is 5.99. The van der Waals surface area contributed by atoms with E-state index in [4.69, 9.17) is 0 Å². The van der Waals surface area contributed by atoms with E-state index < -0.39 is 18.6 Å². The monoisotopic (exact) mass is 297 g/mol. The molecule has 0 saturated heterocycles. The Balaban J connectivity index is 2.00. The SMILES string of the molecule is Cc1cc2ccccc2nc1NCC(=O)NCC(F)(F)F. The Hall–Kier alpha value is -2.31. The normalized spacial score (nSPS) is 11.4. The van der Waals surface area contributed by atoms with Gasteiger partial charge in [-0.25, -0.2) is 4.98 Å². The van der Waals surface area contributed by atoms with Crippen LogP contribution in [0, 0.1) is 6.92 Å². The number of aromatic nitrogens is 1. The lowest BCUT2D eigenvalue weighted by atomic mass is 10.1. The highest BCUT2D eigenvalue weighted by Crippen LogP contribution is 2.19. The number of halogens is 3. The van der Waals surface area contributed by atoms with Crippen molar-refractivity contribution in [2.45, 2.75) is 13.1 Å². The molecule has 4 nitrogen and oxygen atoms in total. The minimum absolute atomic E-state index is 0.262. The molecule has 0 aliphatic rings. The molecule has 112 valence electrons. The maximum absolute atomic E-state index is 12.0. The van der Waals surface area contributed by atoms with E-state index in [9.17, 15) is 18.0 Å². The summed E-state index contributed by atoms with van der Waals surface area (Å²) in [4.78, 5) is 15.7. The molecule has 7 heteroatoms. The van der Waals surface area contributed by atoms with Crippen molar-refractivity contribution in [1.82, 2.24) is 10.3 Å². The summed E-state index contributed by atoms with van der Waals surface area (Å²) in [5, 5.41) is 5.51. The van der Waals surface area contributed by atoms with E-state index in [-0.39, 0.29) is 6.54 Å². The zero-order valence-corrected chi connectivity index (χ0v) is 11.3. The molecule has 1 aromatic carbocycles. The van der Waals surface area contributed by atoms with Gasteiger partial charge in [0, 0.05) is 5.39 Å². The van der Waals surface area contributed by atoms with Gasteiger partial charge in [-0.15, -0.1) is 0 Å². The second-order valence-corrected chi connectivity index (χ2v) is 4.59. The number of anilines is 1. The van der Waals surface area contributed by atoms with Gasteiger partial charge < -0.3 is 10.6 Å². The minimum atomic E-state index is -4.41. The summed E-state index contributed by atoms with van der Waals surface area (Å²) in [5.74, 6) is -0.252. The second-order valence-electron chi connectivity index (χ2n) is 4.59. The highest BCUT2D eigenvalue weighted by atomic mass is 19.4. The van der Waals surface area contributed by atoms with E-state index in [2.05, 4.69) is 10.3 Å². The van der Waals surface area contributed by atoms with Crippen molar-refractivity contribution >= 4 is 22.6 Å². The van der Waals surface area contributed by atoms with E-state index in [1.807, 2.05) is 37.3 Å². The van der Waals surface area contributed by atoms with Gasteiger partial charge in [0.1, 0.15) is 12.4 Å². The number of para-hydroxylation sites is 1. The first-order valence-corrected chi connectivity index (χ1v) is 6.29. The maximum atomic E-state index is 12.0. The number of amides is 1. The summed E-state index contributed by atoms with van der Waals surface area (Å²) in [7, 11) is 0. The predicted molar refractivity (Wildman–Crippen MR) is 74.0 cm³/mol. The lowest BCUT2D eigenvalue weighted by Crippen LogP contribution is -2.37. The number of fused-ring (bicyclic) bond motifs is 1. The molecule has 0 atom stereocenters. The fourth-order valence-corrected chi connectivity index (χ4v) is 1.83. The van der Waals surface area contributed by atoms with Crippen LogP contribution in [0.4, 0.5) is 19.0 Å². The molecule has 0 radical (unpaired) electrons. The molecule has 0 spiro atoms. The highest BCUT2D eigenvalue weighted by molar-refractivity contribution is 5.83. The fourth-order valence-electron chi connectivity index (χ4n) is 1.83. The van der Waals surface area contributed by atoms with Crippen molar-refractivity contribution in [2.24, 2.45) is 0 Å². The molecular weight excluding hydrogens is 283 g/mol. The van der Waals surface area contributed by atoms with Crippen LogP contribution in [0.1, 0.15) is 5.56 Å². The predicted octanol–water partition coefficient (Wildman–Crippen LogP) is 2.63. The summed E-state index contributed by atoms with van der Waals surface area (Å²) < 4.78 is 35.9. The zero-order chi connectivity index (χ0) is 15.5. The molecular formula is C14H14F3N3O. The van der Waals surface area contributed by atoms with Crippen molar-refractivity contribution in [3.8, 4) is 0 Å². The number of rotatable bonds is 4. The van der Waals surface area contributed by atoms with Crippen molar-refractivity contribution in [2.75, 3.05) is 18.4 Å². The zero-order valence-electron chi connectivity index (χ0n) is 11.3. The molecule has 0 fully saturated rings. The van der Waals surface area contributed by atoms with Crippen molar-refractivity contribution < 1.29 is 18.0 Å². The van der Waals surface area contributed by atoms with Gasteiger partial charge in [-0.1, -0.05) is 18.2 Å². The van der Waals surface area contributed by atoms with E-state index in [0.717, 1.165) is 16.5 Å². The molecule has 2 N–H and O–H groups in total. The van der Waals surface area contributed by atoms with Crippen molar-refractivity contribution in [1.29, 1.82) is 0 Å². The third-order valence-corrected chi connectivity index (χ3v) is 2.82. The molecule has 0 unspecified atom stereocenters. The van der Waals surface area contributed by atoms with Crippen LogP contribution >= 0.6 is 0 Å². The third-order valence-electron chi connectivity index (χ3n) is 2.82. The summed E-state index contributed by atoms with van der Waals surface area (Å²) >= 11 is 0. The van der Waals surface area contributed by atoms with Gasteiger partial charge >= 0.3 is 6.18 Å². The Morgan fingerprint density at radius 2 is 2.00 bits per heavy atom. The molecule has 0 aliphatic heterocycles. The van der Waals surface area contributed by atoms with E-state index in [1.54, 1.807) is 5.32 Å². The molecule has 1 aromatic heterocycles. The van der Waals surface area contributed by atoms with Crippen LogP contribution < -0.4 is 10.6 Å². The smallest absolute Gasteiger partial charge is 0.361 e. The molecule has 2 aromatic rings. The number of pyridine rings is 1. The molecule has 0 bridgehead atoms. The van der Waals surface area contributed by atoms with Gasteiger partial charge in [-0.05, 0) is 24.6 Å². The van der Waals surface area contributed by atoms with Crippen LogP contribution in [0.15, 0.2) is 30.3 Å². The quantitative estimate of drug-likeness (QED) is 0.912. The first-order chi connectivity index (χ1) is 9.85. The largest absolute Gasteiger partial charge is 0.405 e. The number of carbonyl (C=O) groups is 1. The number of hydrogen-bond acceptors (Lipinski definition) is 3. The molecule has 21 heavy (non-hydrogen) atoms. The Kier molecular flexibility index (Phi) is 4.30. The van der Waals surface area contributed by atoms with Crippen LogP contribution in [0.25, 0.3) is 10.9 Å². The topological polar surface area (TPSA) is 54.0 Å². The Bertz CT molecular complexity index is 655. The average Bonchev–Trinajstić information content (AvgIpc) is 2.42. The lowest BCUT2D eigenvalue weighted by Gasteiger charge is -2.11.